The van der Waals surface area contributed by atoms with Gasteiger partial charge in [0, 0.05) is 12.1 Å². The van der Waals surface area contributed by atoms with Gasteiger partial charge < -0.3 is 10.8 Å². The number of pyridine rings is 1. The fraction of sp³-hybridized carbons (Fsp3) is 0.364. The van der Waals surface area contributed by atoms with E-state index < -0.39 is 30.1 Å². The molecule has 0 saturated carbocycles. The van der Waals surface area contributed by atoms with E-state index in [1.165, 1.54) is 6.07 Å². The maximum atomic E-state index is 12.6. The summed E-state index contributed by atoms with van der Waals surface area (Å²) >= 11 is 4.44. The van der Waals surface area contributed by atoms with Crippen LogP contribution in [0.15, 0.2) is 23.3 Å². The van der Waals surface area contributed by atoms with Crippen LogP contribution in [0.2, 0.25) is 0 Å². The van der Waals surface area contributed by atoms with Gasteiger partial charge in [-0.1, -0.05) is 6.07 Å². The van der Waals surface area contributed by atoms with Crippen molar-refractivity contribution in [2.24, 2.45) is 10.8 Å². The van der Waals surface area contributed by atoms with E-state index in [0.29, 0.717) is 0 Å². The zero-order valence-electron chi connectivity index (χ0n) is 11.1. The van der Waals surface area contributed by atoms with Crippen LogP contribution in [0.25, 0.3) is 0 Å². The Morgan fingerprint density at radius 1 is 1.26 bits per heavy atom. The first kappa shape index (κ1) is 19.1. The van der Waals surface area contributed by atoms with Gasteiger partial charge in [0.05, 0.1) is 11.9 Å². The largest absolute Gasteiger partial charge is 0.426 e. The molecular formula is C11H10F6N4OS. The molecule has 5 nitrogen and oxygen atoms in total. The van der Waals surface area contributed by atoms with Gasteiger partial charge in [0.25, 0.3) is 5.60 Å². The zero-order chi connectivity index (χ0) is 17.9. The van der Waals surface area contributed by atoms with Gasteiger partial charge in [-0.15, -0.1) is 0 Å². The summed E-state index contributed by atoms with van der Waals surface area (Å²) in [6.07, 6.45) is -12.6. The minimum absolute atomic E-state index is 0.0575. The smallest absolute Gasteiger partial charge is 0.375 e. The predicted molar refractivity (Wildman–Crippen MR) is 72.5 cm³/mol. The lowest BCUT2D eigenvalue weighted by Gasteiger charge is -2.32. The van der Waals surface area contributed by atoms with Crippen LogP contribution in [0.4, 0.5) is 26.3 Å². The van der Waals surface area contributed by atoms with E-state index in [0.717, 1.165) is 18.3 Å². The van der Waals surface area contributed by atoms with Gasteiger partial charge in [0.15, 0.2) is 5.11 Å². The second kappa shape index (κ2) is 6.66. The second-order valence-corrected chi connectivity index (χ2v) is 4.76. The molecule has 1 aromatic rings. The number of rotatable bonds is 4. The van der Waals surface area contributed by atoms with E-state index in [4.69, 9.17) is 10.8 Å². The van der Waals surface area contributed by atoms with Crippen LogP contribution < -0.4 is 11.2 Å². The average molecular weight is 360 g/mol. The SMILES string of the molecule is NC(=S)N/N=C\c1cccc(CC(O)(C(F)(F)F)C(F)(F)F)n1. The molecule has 0 aliphatic heterocycles. The average Bonchev–Trinajstić information content (AvgIpc) is 2.36. The molecule has 1 aromatic heterocycles. The Bertz CT molecular complexity index is 587. The number of nitrogens with two attached hydrogens (primary N) is 1. The first-order valence-electron chi connectivity index (χ1n) is 5.77. The molecule has 0 spiro atoms. The van der Waals surface area contributed by atoms with Crippen LogP contribution in [0, 0.1) is 0 Å². The van der Waals surface area contributed by atoms with Crippen LogP contribution in [0.5, 0.6) is 0 Å². The maximum absolute atomic E-state index is 12.6. The van der Waals surface area contributed by atoms with Crippen LogP contribution in [0.3, 0.4) is 0 Å². The third kappa shape index (κ3) is 4.76. The minimum atomic E-state index is -5.91. The van der Waals surface area contributed by atoms with Crippen molar-refractivity contribution in [3.05, 3.63) is 29.6 Å². The van der Waals surface area contributed by atoms with E-state index >= 15 is 0 Å². The molecule has 0 amide bonds. The summed E-state index contributed by atoms with van der Waals surface area (Å²) in [5.74, 6) is 0. The maximum Gasteiger partial charge on any atom is 0.426 e. The summed E-state index contributed by atoms with van der Waals surface area (Å²) in [5.41, 5.74) is 1.62. The molecule has 12 heteroatoms. The van der Waals surface area contributed by atoms with Crippen molar-refractivity contribution in [3.63, 3.8) is 0 Å². The molecule has 1 rings (SSSR count). The number of aliphatic hydroxyl groups is 1. The second-order valence-electron chi connectivity index (χ2n) is 4.32. The summed E-state index contributed by atoms with van der Waals surface area (Å²) < 4.78 is 75.7. The van der Waals surface area contributed by atoms with Crippen molar-refractivity contribution in [1.82, 2.24) is 10.4 Å². The minimum Gasteiger partial charge on any atom is -0.375 e. The Kier molecular flexibility index (Phi) is 5.53. The molecule has 0 aliphatic carbocycles. The molecule has 4 N–H and O–H groups in total. The lowest BCUT2D eigenvalue weighted by Crippen LogP contribution is -2.58. The zero-order valence-corrected chi connectivity index (χ0v) is 11.9. The van der Waals surface area contributed by atoms with Crippen LogP contribution in [-0.2, 0) is 6.42 Å². The van der Waals surface area contributed by atoms with Gasteiger partial charge in [-0.3, -0.25) is 10.4 Å². The molecule has 0 radical (unpaired) electrons. The van der Waals surface area contributed by atoms with E-state index in [1.807, 2.05) is 0 Å². The fourth-order valence-electron chi connectivity index (χ4n) is 1.45. The van der Waals surface area contributed by atoms with Crippen LogP contribution in [-0.4, -0.2) is 39.4 Å². The van der Waals surface area contributed by atoms with Gasteiger partial charge in [-0.2, -0.15) is 31.4 Å². The number of nitrogens with one attached hydrogen (secondary N) is 1. The molecule has 23 heavy (non-hydrogen) atoms. The van der Waals surface area contributed by atoms with Gasteiger partial charge >= 0.3 is 12.4 Å². The molecule has 0 atom stereocenters. The molecule has 0 bridgehead atoms. The highest BCUT2D eigenvalue weighted by Crippen LogP contribution is 2.44. The van der Waals surface area contributed by atoms with Crippen molar-refractivity contribution in [2.75, 3.05) is 0 Å². The molecule has 0 unspecified atom stereocenters. The first-order chi connectivity index (χ1) is 10.4. The lowest BCUT2D eigenvalue weighted by molar-refractivity contribution is -0.367. The summed E-state index contributed by atoms with van der Waals surface area (Å²) in [5, 5.41) is 12.4. The van der Waals surface area contributed by atoms with Crippen molar-refractivity contribution in [1.29, 1.82) is 0 Å². The van der Waals surface area contributed by atoms with Gasteiger partial charge in [-0.25, -0.2) is 0 Å². The first-order valence-corrected chi connectivity index (χ1v) is 6.18. The highest BCUT2D eigenvalue weighted by molar-refractivity contribution is 7.80. The monoisotopic (exact) mass is 360 g/mol. The number of aromatic nitrogens is 1. The van der Waals surface area contributed by atoms with Crippen molar-refractivity contribution < 1.29 is 31.4 Å². The Morgan fingerprint density at radius 3 is 2.30 bits per heavy atom. The van der Waals surface area contributed by atoms with E-state index in [9.17, 15) is 26.3 Å². The van der Waals surface area contributed by atoms with Crippen LogP contribution >= 0.6 is 12.2 Å². The Balaban J connectivity index is 3.07. The third-order valence-corrected chi connectivity index (χ3v) is 2.67. The standard InChI is InChI=1S/C11H10F6N4OS/c12-10(13,14)9(22,11(15,16)17)4-6-2-1-3-7(20-6)5-19-21-8(18)23/h1-3,5,22H,4H2,(H3,18,21,23)/b19-5-. The van der Waals surface area contributed by atoms with E-state index in [2.05, 4.69) is 27.7 Å². The highest BCUT2D eigenvalue weighted by Gasteiger charge is 2.70. The number of thiocarbonyl (C=S) groups is 1. The topological polar surface area (TPSA) is 83.5 Å². The molecule has 0 aliphatic rings. The quantitative estimate of drug-likeness (QED) is 0.329. The summed E-state index contributed by atoms with van der Waals surface area (Å²) in [6.45, 7) is 0. The van der Waals surface area contributed by atoms with E-state index in [-0.39, 0.29) is 10.8 Å². The molecule has 0 fully saturated rings. The number of nitrogens with zero attached hydrogens (tertiary/aromatic N) is 2. The van der Waals surface area contributed by atoms with Crippen LogP contribution in [0.1, 0.15) is 11.4 Å². The molecular weight excluding hydrogens is 350 g/mol. The number of alkyl halides is 6. The summed E-state index contributed by atoms with van der Waals surface area (Å²) in [6, 6.07) is 3.35. The van der Waals surface area contributed by atoms with Gasteiger partial charge in [0.1, 0.15) is 0 Å². The Hall–Kier alpha value is -1.95. The third-order valence-electron chi connectivity index (χ3n) is 2.57. The Labute approximate surface area is 131 Å². The fourth-order valence-corrected chi connectivity index (χ4v) is 1.51. The summed E-state index contributed by atoms with van der Waals surface area (Å²) in [7, 11) is 0. The molecule has 128 valence electrons. The Morgan fingerprint density at radius 2 is 1.83 bits per heavy atom. The molecule has 1 heterocycles. The predicted octanol–water partition coefficient (Wildman–Crippen LogP) is 1.65. The van der Waals surface area contributed by atoms with Gasteiger partial charge in [0.2, 0.25) is 0 Å². The normalized spacial score (nSPS) is 13.3. The number of hydrazone groups is 1. The summed E-state index contributed by atoms with van der Waals surface area (Å²) in [4.78, 5) is 3.55. The van der Waals surface area contributed by atoms with Crippen molar-refractivity contribution in [2.45, 2.75) is 24.4 Å². The van der Waals surface area contributed by atoms with Crippen molar-refractivity contribution in [3.8, 4) is 0 Å². The lowest BCUT2D eigenvalue weighted by atomic mass is 9.95. The number of hydrogen-bond acceptors (Lipinski definition) is 4. The van der Waals surface area contributed by atoms with Crippen molar-refractivity contribution >= 4 is 23.5 Å². The van der Waals surface area contributed by atoms with Gasteiger partial charge in [-0.05, 0) is 24.4 Å². The highest BCUT2D eigenvalue weighted by atomic mass is 32.1. The number of halogens is 6. The van der Waals surface area contributed by atoms with E-state index in [1.54, 1.807) is 0 Å². The number of hydrogen-bond donors (Lipinski definition) is 3. The molecule has 0 saturated heterocycles. The molecule has 0 aromatic carbocycles.